The molecule has 0 radical (unpaired) electrons. The summed E-state index contributed by atoms with van der Waals surface area (Å²) in [6.07, 6.45) is 3.47. The fourth-order valence-electron chi connectivity index (χ4n) is 2.41. The average Bonchev–Trinajstić information content (AvgIpc) is 2.84. The van der Waals surface area contributed by atoms with Crippen LogP contribution >= 0.6 is 0 Å². The number of likely N-dealkylation sites (N-methyl/N-ethyl adjacent to an activating group) is 1. The predicted molar refractivity (Wildman–Crippen MR) is 78.0 cm³/mol. The number of hydrogen-bond donors (Lipinski definition) is 1. The Kier molecular flexibility index (Phi) is 4.77. The van der Waals surface area contributed by atoms with Gasteiger partial charge in [0, 0.05) is 30.9 Å². The van der Waals surface area contributed by atoms with E-state index in [4.69, 9.17) is 4.74 Å². The van der Waals surface area contributed by atoms with Crippen molar-refractivity contribution in [1.82, 2.24) is 14.7 Å². The van der Waals surface area contributed by atoms with Crippen LogP contribution in [0.3, 0.4) is 0 Å². The summed E-state index contributed by atoms with van der Waals surface area (Å²) in [5, 5.41) is 13.6. The zero-order valence-corrected chi connectivity index (χ0v) is 12.7. The lowest BCUT2D eigenvalue weighted by molar-refractivity contribution is -0.143. The van der Waals surface area contributed by atoms with Crippen LogP contribution in [0, 0.1) is 5.82 Å². The molecule has 1 aromatic carbocycles. The molecule has 1 N–H and O–H groups in total. The van der Waals surface area contributed by atoms with E-state index >= 15 is 0 Å². The van der Waals surface area contributed by atoms with Gasteiger partial charge in [0.25, 0.3) is 0 Å². The van der Waals surface area contributed by atoms with Gasteiger partial charge in [0.1, 0.15) is 17.6 Å². The first-order valence-corrected chi connectivity index (χ1v) is 6.66. The number of rotatable bonds is 6. The molecule has 0 unspecified atom stereocenters. The van der Waals surface area contributed by atoms with Crippen LogP contribution in [0.2, 0.25) is 0 Å². The number of carboxylic acids is 1. The summed E-state index contributed by atoms with van der Waals surface area (Å²) in [6.45, 7) is 0.366. The minimum absolute atomic E-state index is 0.279. The van der Waals surface area contributed by atoms with Gasteiger partial charge < -0.3 is 9.84 Å². The lowest BCUT2D eigenvalue weighted by Gasteiger charge is -2.25. The molecule has 1 heterocycles. The molecule has 0 saturated heterocycles. The van der Waals surface area contributed by atoms with Crippen molar-refractivity contribution < 1.29 is 19.0 Å². The van der Waals surface area contributed by atoms with Gasteiger partial charge >= 0.3 is 5.97 Å². The van der Waals surface area contributed by atoms with Crippen LogP contribution in [0.5, 0.6) is 5.75 Å². The topological polar surface area (TPSA) is 67.6 Å². The number of aliphatic carboxylic acids is 1. The third-order valence-corrected chi connectivity index (χ3v) is 3.35. The van der Waals surface area contributed by atoms with Gasteiger partial charge in [0.05, 0.1) is 13.3 Å². The van der Waals surface area contributed by atoms with E-state index in [0.29, 0.717) is 12.3 Å². The molecule has 7 heteroatoms. The van der Waals surface area contributed by atoms with E-state index in [9.17, 15) is 14.3 Å². The first kappa shape index (κ1) is 16.0. The molecule has 0 bridgehead atoms. The highest BCUT2D eigenvalue weighted by atomic mass is 19.1. The second kappa shape index (κ2) is 6.57. The molecule has 2 aromatic rings. The Morgan fingerprint density at radius 3 is 2.82 bits per heavy atom. The first-order chi connectivity index (χ1) is 10.4. The van der Waals surface area contributed by atoms with Gasteiger partial charge in [-0.2, -0.15) is 5.10 Å². The fourth-order valence-corrected chi connectivity index (χ4v) is 2.41. The summed E-state index contributed by atoms with van der Waals surface area (Å²) in [6, 6.07) is 2.84. The first-order valence-electron chi connectivity index (χ1n) is 6.66. The van der Waals surface area contributed by atoms with E-state index in [-0.39, 0.29) is 5.56 Å². The summed E-state index contributed by atoms with van der Waals surface area (Å²) >= 11 is 0. The van der Waals surface area contributed by atoms with Crippen LogP contribution in [-0.2, 0) is 18.4 Å². The Bertz CT molecular complexity index is 672. The number of aromatic nitrogens is 2. The minimum Gasteiger partial charge on any atom is -0.496 e. The molecule has 0 aliphatic rings. The third kappa shape index (κ3) is 3.43. The Labute approximate surface area is 127 Å². The van der Waals surface area contributed by atoms with Gasteiger partial charge in [-0.25, -0.2) is 4.39 Å². The van der Waals surface area contributed by atoms with E-state index in [1.54, 1.807) is 36.1 Å². The van der Waals surface area contributed by atoms with Crippen molar-refractivity contribution in [3.05, 3.63) is 47.5 Å². The average molecular weight is 307 g/mol. The molecule has 0 aliphatic carbocycles. The summed E-state index contributed by atoms with van der Waals surface area (Å²) in [5.74, 6) is -1.24. The van der Waals surface area contributed by atoms with Gasteiger partial charge in [0.15, 0.2) is 0 Å². The Morgan fingerprint density at radius 1 is 1.55 bits per heavy atom. The molecule has 0 spiro atoms. The second-order valence-electron chi connectivity index (χ2n) is 5.06. The van der Waals surface area contributed by atoms with Crippen LogP contribution < -0.4 is 4.74 Å². The molecule has 0 fully saturated rings. The normalized spacial score (nSPS) is 12.4. The summed E-state index contributed by atoms with van der Waals surface area (Å²) < 4.78 is 20.3. The van der Waals surface area contributed by atoms with Gasteiger partial charge in [-0.15, -0.1) is 0 Å². The fraction of sp³-hybridized carbons (Fsp3) is 0.333. The molecule has 1 aromatic heterocycles. The van der Waals surface area contributed by atoms with Crippen LogP contribution in [0.15, 0.2) is 30.6 Å². The molecule has 1 atom stereocenters. The quantitative estimate of drug-likeness (QED) is 0.882. The van der Waals surface area contributed by atoms with E-state index in [0.717, 1.165) is 5.56 Å². The third-order valence-electron chi connectivity index (χ3n) is 3.35. The molecular weight excluding hydrogens is 289 g/mol. The number of benzene rings is 1. The van der Waals surface area contributed by atoms with Crippen molar-refractivity contribution >= 4 is 5.97 Å². The van der Waals surface area contributed by atoms with Gasteiger partial charge in [0.2, 0.25) is 0 Å². The summed E-state index contributed by atoms with van der Waals surface area (Å²) in [5.41, 5.74) is 1.15. The maximum absolute atomic E-state index is 13.5. The predicted octanol–water partition coefficient (Wildman–Crippen LogP) is 1.83. The van der Waals surface area contributed by atoms with Crippen LogP contribution in [0.25, 0.3) is 0 Å². The molecular formula is C15H18FN3O3. The van der Waals surface area contributed by atoms with Crippen LogP contribution in [-0.4, -0.2) is 39.9 Å². The number of nitrogens with zero attached hydrogens (tertiary/aromatic N) is 3. The molecule has 0 saturated carbocycles. The number of hydrogen-bond acceptors (Lipinski definition) is 4. The van der Waals surface area contributed by atoms with E-state index < -0.39 is 17.8 Å². The van der Waals surface area contributed by atoms with E-state index in [2.05, 4.69) is 5.10 Å². The van der Waals surface area contributed by atoms with Gasteiger partial charge in [-0.1, -0.05) is 0 Å². The van der Waals surface area contributed by atoms with Crippen molar-refractivity contribution in [2.45, 2.75) is 12.6 Å². The molecule has 118 valence electrons. The molecule has 0 amide bonds. The largest absolute Gasteiger partial charge is 0.496 e. The SMILES string of the molecule is COc1ccc(F)cc1[C@H](C(=O)O)N(C)Cc1cnn(C)c1. The smallest absolute Gasteiger partial charge is 0.325 e. The summed E-state index contributed by atoms with van der Waals surface area (Å²) in [4.78, 5) is 13.3. The van der Waals surface area contributed by atoms with Crippen molar-refractivity contribution in [3.8, 4) is 5.75 Å². The molecule has 2 rings (SSSR count). The zero-order valence-electron chi connectivity index (χ0n) is 12.7. The number of carboxylic acid groups (broad SMARTS) is 1. The van der Waals surface area contributed by atoms with Gasteiger partial charge in [-0.3, -0.25) is 14.4 Å². The van der Waals surface area contributed by atoms with Crippen molar-refractivity contribution in [2.24, 2.45) is 7.05 Å². The maximum Gasteiger partial charge on any atom is 0.325 e. The molecule has 22 heavy (non-hydrogen) atoms. The van der Waals surface area contributed by atoms with Gasteiger partial charge in [-0.05, 0) is 25.2 Å². The number of methoxy groups -OCH3 is 1. The zero-order chi connectivity index (χ0) is 16.3. The molecule has 6 nitrogen and oxygen atoms in total. The number of halogens is 1. The highest BCUT2D eigenvalue weighted by molar-refractivity contribution is 5.76. The summed E-state index contributed by atoms with van der Waals surface area (Å²) in [7, 11) is 4.88. The van der Waals surface area contributed by atoms with E-state index in [1.165, 1.54) is 25.3 Å². The Balaban J connectivity index is 2.33. The monoisotopic (exact) mass is 307 g/mol. The van der Waals surface area contributed by atoms with Crippen molar-refractivity contribution in [3.63, 3.8) is 0 Å². The molecule has 0 aliphatic heterocycles. The van der Waals surface area contributed by atoms with Crippen LogP contribution in [0.4, 0.5) is 4.39 Å². The van der Waals surface area contributed by atoms with Crippen molar-refractivity contribution in [2.75, 3.05) is 14.2 Å². The van der Waals surface area contributed by atoms with Crippen LogP contribution in [0.1, 0.15) is 17.2 Å². The lowest BCUT2D eigenvalue weighted by atomic mass is 10.0. The standard InChI is InChI=1S/C15H18FN3O3/c1-18(8-10-7-17-19(2)9-10)14(15(20)21)12-6-11(16)4-5-13(12)22-3/h4-7,9,14H,8H2,1-3H3,(H,20,21)/t14-/m1/s1. The Hall–Kier alpha value is -2.41. The maximum atomic E-state index is 13.5. The Morgan fingerprint density at radius 2 is 2.27 bits per heavy atom. The number of ether oxygens (including phenoxy) is 1. The minimum atomic E-state index is -1.07. The second-order valence-corrected chi connectivity index (χ2v) is 5.06. The van der Waals surface area contributed by atoms with E-state index in [1.807, 2.05) is 0 Å². The lowest BCUT2D eigenvalue weighted by Crippen LogP contribution is -2.30. The highest BCUT2D eigenvalue weighted by Gasteiger charge is 2.28. The number of aryl methyl sites for hydroxylation is 1. The highest BCUT2D eigenvalue weighted by Crippen LogP contribution is 2.30. The number of carbonyl (C=O) groups is 1. The van der Waals surface area contributed by atoms with Crippen molar-refractivity contribution in [1.29, 1.82) is 0 Å².